The SMILES string of the molecule is COc1cc(CNCCCc2cnn(C)c2)ccc1OCc1c(C)noc1C. The normalized spacial score (nSPS) is 11.0. The number of ether oxygens (including phenoxy) is 2. The van der Waals surface area contributed by atoms with Crippen LogP contribution < -0.4 is 14.8 Å². The highest BCUT2D eigenvalue weighted by Gasteiger charge is 2.12. The van der Waals surface area contributed by atoms with Crippen molar-refractivity contribution in [2.45, 2.75) is 39.8 Å². The van der Waals surface area contributed by atoms with Crippen LogP contribution in [-0.2, 0) is 26.6 Å². The molecule has 1 aromatic carbocycles. The summed E-state index contributed by atoms with van der Waals surface area (Å²) < 4.78 is 18.4. The fraction of sp³-hybridized carbons (Fsp3) is 0.429. The average molecular weight is 384 g/mol. The minimum Gasteiger partial charge on any atom is -0.493 e. The van der Waals surface area contributed by atoms with Crippen LogP contribution in [0.5, 0.6) is 11.5 Å². The average Bonchev–Trinajstić information content (AvgIpc) is 3.25. The van der Waals surface area contributed by atoms with Crippen LogP contribution in [0.15, 0.2) is 35.1 Å². The number of nitrogens with one attached hydrogen (secondary N) is 1. The molecule has 0 radical (unpaired) electrons. The van der Waals surface area contributed by atoms with E-state index in [9.17, 15) is 0 Å². The molecule has 3 aromatic rings. The van der Waals surface area contributed by atoms with E-state index in [1.165, 1.54) is 5.56 Å². The van der Waals surface area contributed by atoms with Gasteiger partial charge in [0.25, 0.3) is 0 Å². The first-order valence-electron chi connectivity index (χ1n) is 9.46. The minimum absolute atomic E-state index is 0.406. The van der Waals surface area contributed by atoms with E-state index in [0.29, 0.717) is 12.4 Å². The second-order valence-electron chi connectivity index (χ2n) is 6.88. The molecule has 0 spiro atoms. The van der Waals surface area contributed by atoms with E-state index in [4.69, 9.17) is 14.0 Å². The Morgan fingerprint density at radius 2 is 2.04 bits per heavy atom. The molecule has 0 fully saturated rings. The van der Waals surface area contributed by atoms with Gasteiger partial charge in [-0.2, -0.15) is 5.10 Å². The monoisotopic (exact) mass is 384 g/mol. The Morgan fingerprint density at radius 1 is 1.18 bits per heavy atom. The van der Waals surface area contributed by atoms with Gasteiger partial charge in [0.15, 0.2) is 11.5 Å². The molecule has 0 bridgehead atoms. The molecular weight excluding hydrogens is 356 g/mol. The molecule has 0 aliphatic heterocycles. The maximum absolute atomic E-state index is 5.93. The van der Waals surface area contributed by atoms with Gasteiger partial charge in [-0.1, -0.05) is 11.2 Å². The zero-order chi connectivity index (χ0) is 19.9. The highest BCUT2D eigenvalue weighted by Crippen LogP contribution is 2.29. The van der Waals surface area contributed by atoms with Crippen LogP contribution in [-0.4, -0.2) is 28.6 Å². The van der Waals surface area contributed by atoms with Crippen molar-refractivity contribution < 1.29 is 14.0 Å². The van der Waals surface area contributed by atoms with E-state index in [1.54, 1.807) is 7.11 Å². The molecule has 0 saturated heterocycles. The van der Waals surface area contributed by atoms with Crippen LogP contribution in [0, 0.1) is 13.8 Å². The zero-order valence-corrected chi connectivity index (χ0v) is 17.0. The third-order valence-electron chi connectivity index (χ3n) is 4.69. The lowest BCUT2D eigenvalue weighted by molar-refractivity contribution is 0.281. The van der Waals surface area contributed by atoms with Crippen LogP contribution in [0.4, 0.5) is 0 Å². The standard InChI is InChI=1S/C21H28N4O3/c1-15-19(16(2)28-24-15)14-27-20-8-7-17(10-21(20)26-4)11-22-9-5-6-18-12-23-25(3)13-18/h7-8,10,12-13,22H,5-6,9,11,14H2,1-4H3. The van der Waals surface area contributed by atoms with Gasteiger partial charge < -0.3 is 19.3 Å². The predicted octanol–water partition coefficient (Wildman–Crippen LogP) is 3.33. The first-order valence-corrected chi connectivity index (χ1v) is 9.46. The Labute approximate surface area is 165 Å². The molecule has 150 valence electrons. The lowest BCUT2D eigenvalue weighted by Crippen LogP contribution is -2.15. The molecule has 28 heavy (non-hydrogen) atoms. The van der Waals surface area contributed by atoms with E-state index >= 15 is 0 Å². The van der Waals surface area contributed by atoms with Crippen molar-refractivity contribution in [1.82, 2.24) is 20.3 Å². The number of methoxy groups -OCH3 is 1. The number of aryl methyl sites for hydroxylation is 4. The summed E-state index contributed by atoms with van der Waals surface area (Å²) in [7, 11) is 3.60. The summed E-state index contributed by atoms with van der Waals surface area (Å²) in [6.45, 7) is 5.94. The number of hydrogen-bond donors (Lipinski definition) is 1. The maximum atomic E-state index is 5.93. The maximum Gasteiger partial charge on any atom is 0.161 e. The Balaban J connectivity index is 1.48. The summed E-state index contributed by atoms with van der Waals surface area (Å²) >= 11 is 0. The van der Waals surface area contributed by atoms with Gasteiger partial charge in [-0.3, -0.25) is 4.68 Å². The van der Waals surface area contributed by atoms with Crippen molar-refractivity contribution >= 4 is 0 Å². The molecular formula is C21H28N4O3. The van der Waals surface area contributed by atoms with Crippen molar-refractivity contribution in [3.8, 4) is 11.5 Å². The van der Waals surface area contributed by atoms with Crippen molar-refractivity contribution in [2.24, 2.45) is 7.05 Å². The van der Waals surface area contributed by atoms with E-state index in [2.05, 4.69) is 27.8 Å². The molecule has 3 rings (SSSR count). The summed E-state index contributed by atoms with van der Waals surface area (Å²) in [5.74, 6) is 2.22. The first kappa shape index (κ1) is 19.9. The molecule has 2 aromatic heterocycles. The smallest absolute Gasteiger partial charge is 0.161 e. The summed E-state index contributed by atoms with van der Waals surface area (Å²) in [6, 6.07) is 6.01. The third-order valence-corrected chi connectivity index (χ3v) is 4.69. The predicted molar refractivity (Wildman–Crippen MR) is 107 cm³/mol. The van der Waals surface area contributed by atoms with Crippen LogP contribution in [0.1, 0.15) is 34.6 Å². The molecule has 7 heteroatoms. The van der Waals surface area contributed by atoms with E-state index in [-0.39, 0.29) is 0 Å². The molecule has 0 atom stereocenters. The molecule has 0 amide bonds. The largest absolute Gasteiger partial charge is 0.493 e. The second-order valence-corrected chi connectivity index (χ2v) is 6.88. The Bertz CT molecular complexity index is 881. The van der Waals surface area contributed by atoms with Crippen molar-refractivity contribution in [1.29, 1.82) is 0 Å². The lowest BCUT2D eigenvalue weighted by atomic mass is 10.1. The number of aromatic nitrogens is 3. The molecule has 0 unspecified atom stereocenters. The van der Waals surface area contributed by atoms with Gasteiger partial charge in [-0.05, 0) is 56.5 Å². The molecule has 0 aliphatic rings. The minimum atomic E-state index is 0.406. The van der Waals surface area contributed by atoms with Gasteiger partial charge in [-0.15, -0.1) is 0 Å². The van der Waals surface area contributed by atoms with E-state index in [0.717, 1.165) is 54.3 Å². The number of benzene rings is 1. The molecule has 7 nitrogen and oxygen atoms in total. The Morgan fingerprint density at radius 3 is 2.71 bits per heavy atom. The zero-order valence-electron chi connectivity index (χ0n) is 17.0. The highest BCUT2D eigenvalue weighted by molar-refractivity contribution is 5.43. The first-order chi connectivity index (χ1) is 13.6. The molecule has 0 aliphatic carbocycles. The van der Waals surface area contributed by atoms with Crippen LogP contribution in [0.2, 0.25) is 0 Å². The highest BCUT2D eigenvalue weighted by atomic mass is 16.5. The molecule has 2 heterocycles. The van der Waals surface area contributed by atoms with Gasteiger partial charge in [0.05, 0.1) is 24.6 Å². The topological polar surface area (TPSA) is 74.3 Å². The van der Waals surface area contributed by atoms with Gasteiger partial charge in [-0.25, -0.2) is 0 Å². The summed E-state index contributed by atoms with van der Waals surface area (Å²) in [4.78, 5) is 0. The van der Waals surface area contributed by atoms with Crippen LogP contribution in [0.25, 0.3) is 0 Å². The number of rotatable bonds is 10. The van der Waals surface area contributed by atoms with E-state index < -0.39 is 0 Å². The fourth-order valence-electron chi connectivity index (χ4n) is 3.05. The molecule has 1 N–H and O–H groups in total. The lowest BCUT2D eigenvalue weighted by Gasteiger charge is -2.12. The van der Waals surface area contributed by atoms with Crippen molar-refractivity contribution in [3.05, 3.63) is 58.7 Å². The summed E-state index contributed by atoms with van der Waals surface area (Å²) in [5, 5.41) is 11.6. The Kier molecular flexibility index (Phi) is 6.71. The summed E-state index contributed by atoms with van der Waals surface area (Å²) in [5.41, 5.74) is 4.25. The van der Waals surface area contributed by atoms with Crippen molar-refractivity contribution in [3.63, 3.8) is 0 Å². The van der Waals surface area contributed by atoms with E-state index in [1.807, 2.05) is 43.9 Å². The van der Waals surface area contributed by atoms with Crippen molar-refractivity contribution in [2.75, 3.05) is 13.7 Å². The quantitative estimate of drug-likeness (QED) is 0.541. The van der Waals surface area contributed by atoms with Gasteiger partial charge >= 0.3 is 0 Å². The van der Waals surface area contributed by atoms with Gasteiger partial charge in [0.2, 0.25) is 0 Å². The van der Waals surface area contributed by atoms with Gasteiger partial charge in [0.1, 0.15) is 12.4 Å². The Hall–Kier alpha value is -2.80. The fourth-order valence-corrected chi connectivity index (χ4v) is 3.05. The second kappa shape index (κ2) is 9.41. The third kappa shape index (κ3) is 5.13. The number of hydrogen-bond acceptors (Lipinski definition) is 6. The van der Waals surface area contributed by atoms with Gasteiger partial charge in [0, 0.05) is 19.8 Å². The number of nitrogens with zero attached hydrogens (tertiary/aromatic N) is 3. The molecule has 0 saturated carbocycles. The van der Waals surface area contributed by atoms with Crippen LogP contribution in [0.3, 0.4) is 0 Å². The van der Waals surface area contributed by atoms with Crippen LogP contribution >= 0.6 is 0 Å². The summed E-state index contributed by atoms with van der Waals surface area (Å²) in [6.07, 6.45) is 6.08.